The molecule has 0 bridgehead atoms. The molecule has 0 unspecified atom stereocenters. The van der Waals surface area contributed by atoms with Gasteiger partial charge >= 0.3 is 0 Å². The van der Waals surface area contributed by atoms with Crippen LogP contribution in [0.15, 0.2) is 75.6 Å². The molecule has 2 heterocycles. The molecule has 3 rings (SSSR count). The van der Waals surface area contributed by atoms with E-state index in [1.54, 1.807) is 58.9 Å². The summed E-state index contributed by atoms with van der Waals surface area (Å²) >= 11 is 1.64. The Bertz CT molecular complexity index is 933. The number of rotatable bonds is 9. The van der Waals surface area contributed by atoms with Crippen LogP contribution in [0.3, 0.4) is 0 Å². The molecule has 0 N–H and O–H groups in total. The summed E-state index contributed by atoms with van der Waals surface area (Å²) in [5.41, 5.74) is 0. The van der Waals surface area contributed by atoms with Crippen LogP contribution in [0.5, 0.6) is 0 Å². The van der Waals surface area contributed by atoms with Crippen molar-refractivity contribution in [1.29, 1.82) is 0 Å². The van der Waals surface area contributed by atoms with Crippen molar-refractivity contribution in [2.24, 2.45) is 0 Å². The molecule has 0 spiro atoms. The van der Waals surface area contributed by atoms with Crippen LogP contribution in [0.25, 0.3) is 0 Å². The molecule has 0 saturated carbocycles. The molecule has 1 aromatic carbocycles. The first-order valence-corrected chi connectivity index (χ1v) is 11.2. The summed E-state index contributed by atoms with van der Waals surface area (Å²) in [4.78, 5) is 15.8. The van der Waals surface area contributed by atoms with E-state index in [0.29, 0.717) is 18.8 Å². The maximum atomic E-state index is 12.7. The third kappa shape index (κ3) is 5.55. The molecule has 3 aromatic rings. The standard InChI is InChI=1S/C20H21NO4S2/c22-20(11-15-27(23,24)19-8-2-1-3-9-19)21(16-17-6-4-13-25-17)12-10-18-7-5-14-26-18/h1-9,13-14H,10-12,15-16H2. The van der Waals surface area contributed by atoms with E-state index >= 15 is 0 Å². The topological polar surface area (TPSA) is 67.6 Å². The van der Waals surface area contributed by atoms with Crippen molar-refractivity contribution in [3.05, 3.63) is 76.9 Å². The van der Waals surface area contributed by atoms with Crippen molar-refractivity contribution < 1.29 is 17.6 Å². The van der Waals surface area contributed by atoms with Crippen molar-refractivity contribution >= 4 is 27.1 Å². The molecule has 0 fully saturated rings. The van der Waals surface area contributed by atoms with Crippen LogP contribution in [-0.2, 0) is 27.6 Å². The molecule has 0 aliphatic carbocycles. The van der Waals surface area contributed by atoms with Gasteiger partial charge in [0.15, 0.2) is 9.84 Å². The zero-order valence-corrected chi connectivity index (χ0v) is 16.4. The van der Waals surface area contributed by atoms with Crippen molar-refractivity contribution in [3.8, 4) is 0 Å². The molecule has 0 saturated heterocycles. The smallest absolute Gasteiger partial charge is 0.224 e. The van der Waals surface area contributed by atoms with Gasteiger partial charge in [0.2, 0.25) is 5.91 Å². The molecule has 2 aromatic heterocycles. The maximum absolute atomic E-state index is 12.7. The Morgan fingerprint density at radius 1 is 1.04 bits per heavy atom. The van der Waals surface area contributed by atoms with Gasteiger partial charge in [-0.3, -0.25) is 4.79 Å². The van der Waals surface area contributed by atoms with E-state index in [1.165, 1.54) is 4.88 Å². The normalized spacial score (nSPS) is 11.4. The highest BCUT2D eigenvalue weighted by molar-refractivity contribution is 7.91. The number of benzene rings is 1. The van der Waals surface area contributed by atoms with Gasteiger partial charge in [-0.2, -0.15) is 0 Å². The Balaban J connectivity index is 1.64. The van der Waals surface area contributed by atoms with Crippen molar-refractivity contribution in [2.75, 3.05) is 12.3 Å². The van der Waals surface area contributed by atoms with Crippen LogP contribution in [0, 0.1) is 0 Å². The molecule has 0 atom stereocenters. The van der Waals surface area contributed by atoms with Crippen LogP contribution >= 0.6 is 11.3 Å². The van der Waals surface area contributed by atoms with Crippen molar-refractivity contribution in [2.45, 2.75) is 24.3 Å². The highest BCUT2D eigenvalue weighted by atomic mass is 32.2. The number of carbonyl (C=O) groups is 1. The summed E-state index contributed by atoms with van der Waals surface area (Å²) in [6.45, 7) is 0.855. The first kappa shape index (κ1) is 19.4. The van der Waals surface area contributed by atoms with Gasteiger partial charge in [0, 0.05) is 17.8 Å². The van der Waals surface area contributed by atoms with Gasteiger partial charge in [-0.15, -0.1) is 11.3 Å². The molecule has 7 heteroatoms. The van der Waals surface area contributed by atoms with Gasteiger partial charge in [0.25, 0.3) is 0 Å². The molecule has 5 nitrogen and oxygen atoms in total. The summed E-state index contributed by atoms with van der Waals surface area (Å²) in [7, 11) is -3.48. The number of hydrogen-bond donors (Lipinski definition) is 0. The van der Waals surface area contributed by atoms with E-state index in [4.69, 9.17) is 4.42 Å². The number of carbonyl (C=O) groups excluding carboxylic acids is 1. The van der Waals surface area contributed by atoms with Gasteiger partial charge in [0.1, 0.15) is 5.76 Å². The minimum Gasteiger partial charge on any atom is -0.467 e. The van der Waals surface area contributed by atoms with Crippen molar-refractivity contribution in [3.63, 3.8) is 0 Å². The van der Waals surface area contributed by atoms with Gasteiger partial charge < -0.3 is 9.32 Å². The summed E-state index contributed by atoms with van der Waals surface area (Å²) in [5, 5.41) is 2.00. The van der Waals surface area contributed by atoms with E-state index in [1.807, 2.05) is 23.6 Å². The quantitative estimate of drug-likeness (QED) is 0.545. The van der Waals surface area contributed by atoms with Crippen LogP contribution < -0.4 is 0 Å². The first-order chi connectivity index (χ1) is 13.0. The summed E-state index contributed by atoms with van der Waals surface area (Å²) in [5.74, 6) is 0.284. The number of nitrogens with zero attached hydrogens (tertiary/aromatic N) is 1. The fourth-order valence-electron chi connectivity index (χ4n) is 2.71. The van der Waals surface area contributed by atoms with Crippen molar-refractivity contribution in [1.82, 2.24) is 4.90 Å². The van der Waals surface area contributed by atoms with Gasteiger partial charge in [0.05, 0.1) is 23.5 Å². The summed E-state index contributed by atoms with van der Waals surface area (Å²) in [6, 6.07) is 15.8. The minimum atomic E-state index is -3.48. The molecule has 27 heavy (non-hydrogen) atoms. The average molecular weight is 404 g/mol. The predicted molar refractivity (Wildman–Crippen MR) is 105 cm³/mol. The third-order valence-electron chi connectivity index (χ3n) is 4.17. The second-order valence-corrected chi connectivity index (χ2v) is 9.25. The highest BCUT2D eigenvalue weighted by Gasteiger charge is 2.20. The Labute approximate surface area is 163 Å². The molecular formula is C20H21NO4S2. The lowest BCUT2D eigenvalue weighted by Gasteiger charge is -2.21. The lowest BCUT2D eigenvalue weighted by Crippen LogP contribution is -2.33. The Kier molecular flexibility index (Phi) is 6.47. The van der Waals surface area contributed by atoms with Crippen LogP contribution in [-0.4, -0.2) is 31.5 Å². The Hall–Kier alpha value is -2.38. The molecule has 0 radical (unpaired) electrons. The third-order valence-corrected chi connectivity index (χ3v) is 6.84. The molecule has 142 valence electrons. The largest absolute Gasteiger partial charge is 0.467 e. The van der Waals surface area contributed by atoms with Crippen LogP contribution in [0.2, 0.25) is 0 Å². The van der Waals surface area contributed by atoms with Crippen LogP contribution in [0.1, 0.15) is 17.1 Å². The zero-order chi connectivity index (χ0) is 19.1. The second-order valence-electron chi connectivity index (χ2n) is 6.11. The monoisotopic (exact) mass is 403 g/mol. The van der Waals surface area contributed by atoms with Gasteiger partial charge in [-0.25, -0.2) is 8.42 Å². The summed E-state index contributed by atoms with van der Waals surface area (Å²) < 4.78 is 30.2. The predicted octanol–water partition coefficient (Wildman–Crippen LogP) is 3.78. The molecule has 1 amide bonds. The highest BCUT2D eigenvalue weighted by Crippen LogP contribution is 2.15. The van der Waals surface area contributed by atoms with Gasteiger partial charge in [-0.05, 0) is 42.1 Å². The Morgan fingerprint density at radius 2 is 1.85 bits per heavy atom. The minimum absolute atomic E-state index is 0.0532. The molecule has 0 aliphatic heterocycles. The number of amides is 1. The average Bonchev–Trinajstić information content (AvgIpc) is 3.38. The lowest BCUT2D eigenvalue weighted by atomic mass is 10.3. The summed E-state index contributed by atoms with van der Waals surface area (Å²) in [6.07, 6.45) is 2.25. The van der Waals surface area contributed by atoms with E-state index in [-0.39, 0.29) is 23.0 Å². The maximum Gasteiger partial charge on any atom is 0.224 e. The van der Waals surface area contributed by atoms with Crippen LogP contribution in [0.4, 0.5) is 0 Å². The Morgan fingerprint density at radius 3 is 2.52 bits per heavy atom. The van der Waals surface area contributed by atoms with E-state index in [2.05, 4.69) is 0 Å². The van der Waals surface area contributed by atoms with E-state index in [9.17, 15) is 13.2 Å². The molecule has 0 aliphatic rings. The lowest BCUT2D eigenvalue weighted by molar-refractivity contribution is -0.131. The number of sulfone groups is 1. The zero-order valence-electron chi connectivity index (χ0n) is 14.8. The SMILES string of the molecule is O=C(CCS(=O)(=O)c1ccccc1)N(CCc1cccs1)Cc1ccco1. The van der Waals surface area contributed by atoms with Gasteiger partial charge in [-0.1, -0.05) is 24.3 Å². The van der Waals surface area contributed by atoms with E-state index < -0.39 is 9.84 Å². The fraction of sp³-hybridized carbons (Fsp3) is 0.250. The second kappa shape index (κ2) is 9.01. The number of furan rings is 1. The fourth-order valence-corrected chi connectivity index (χ4v) is 4.66. The number of thiophene rings is 1. The number of hydrogen-bond acceptors (Lipinski definition) is 5. The first-order valence-electron chi connectivity index (χ1n) is 8.65. The molecular weight excluding hydrogens is 382 g/mol. The van der Waals surface area contributed by atoms with E-state index in [0.717, 1.165) is 6.42 Å².